The molecule has 0 N–H and O–H groups in total. The van der Waals surface area contributed by atoms with Crippen LogP contribution in [0.2, 0.25) is 0 Å². The number of pyridine rings is 1. The van der Waals surface area contributed by atoms with Crippen molar-refractivity contribution < 1.29 is 4.79 Å². The Morgan fingerprint density at radius 1 is 1.50 bits per heavy atom. The van der Waals surface area contributed by atoms with Crippen LogP contribution < -0.4 is 0 Å². The van der Waals surface area contributed by atoms with E-state index in [0.717, 1.165) is 15.7 Å². The van der Waals surface area contributed by atoms with Gasteiger partial charge in [-0.25, -0.2) is 9.97 Å². The lowest BCUT2D eigenvalue weighted by Gasteiger charge is -2.19. The number of aromatic nitrogens is 2. The van der Waals surface area contributed by atoms with E-state index in [0.29, 0.717) is 6.54 Å². The monoisotopic (exact) mass is 307 g/mol. The maximum absolute atomic E-state index is 12.3. The number of amides is 1. The Balaban J connectivity index is 1.92. The Morgan fingerprint density at radius 2 is 2.30 bits per heavy atom. The third-order valence-electron chi connectivity index (χ3n) is 2.70. The minimum Gasteiger partial charge on any atom is -0.338 e. The lowest BCUT2D eigenvalue weighted by atomic mass is 10.4. The molecule has 0 aliphatic heterocycles. The van der Waals surface area contributed by atoms with Gasteiger partial charge in [0, 0.05) is 24.3 Å². The van der Waals surface area contributed by atoms with Gasteiger partial charge in [-0.3, -0.25) is 4.79 Å². The molecule has 1 amide bonds. The summed E-state index contributed by atoms with van der Waals surface area (Å²) in [6.45, 7) is 4.43. The van der Waals surface area contributed by atoms with E-state index in [4.69, 9.17) is 0 Å². The number of hydrogen-bond acceptors (Lipinski definition) is 5. The van der Waals surface area contributed by atoms with Crippen LogP contribution in [0, 0.1) is 6.92 Å². The molecule has 0 fully saturated rings. The number of carbonyl (C=O) groups is 1. The first-order chi connectivity index (χ1) is 9.56. The molecule has 0 bridgehead atoms. The van der Waals surface area contributed by atoms with Gasteiger partial charge in [-0.1, -0.05) is 17.8 Å². The van der Waals surface area contributed by atoms with E-state index < -0.39 is 0 Å². The van der Waals surface area contributed by atoms with Crippen molar-refractivity contribution in [1.29, 1.82) is 0 Å². The van der Waals surface area contributed by atoms with Gasteiger partial charge in [0.15, 0.2) is 0 Å². The molecule has 1 atom stereocenters. The van der Waals surface area contributed by atoms with Gasteiger partial charge in [-0.15, -0.1) is 11.3 Å². The molecule has 2 rings (SSSR count). The lowest BCUT2D eigenvalue weighted by molar-refractivity contribution is -0.129. The summed E-state index contributed by atoms with van der Waals surface area (Å²) < 4.78 is 0. The molecule has 0 aromatic carbocycles. The molecule has 0 saturated carbocycles. The van der Waals surface area contributed by atoms with Crippen molar-refractivity contribution in [1.82, 2.24) is 14.9 Å². The molecule has 4 nitrogen and oxygen atoms in total. The van der Waals surface area contributed by atoms with Crippen LogP contribution in [-0.2, 0) is 11.3 Å². The molecule has 20 heavy (non-hydrogen) atoms. The number of thioether (sulfide) groups is 1. The zero-order valence-electron chi connectivity index (χ0n) is 11.7. The maximum atomic E-state index is 12.3. The Bertz CT molecular complexity index is 571. The summed E-state index contributed by atoms with van der Waals surface area (Å²) in [4.78, 5) is 22.6. The van der Waals surface area contributed by atoms with Gasteiger partial charge in [0.1, 0.15) is 5.01 Å². The molecule has 0 aliphatic rings. The number of nitrogens with zero attached hydrogens (tertiary/aromatic N) is 3. The molecule has 0 aliphatic carbocycles. The van der Waals surface area contributed by atoms with Crippen LogP contribution in [0.15, 0.2) is 34.8 Å². The maximum Gasteiger partial charge on any atom is 0.235 e. The Labute approximate surface area is 127 Å². The first-order valence-electron chi connectivity index (χ1n) is 6.30. The molecule has 0 radical (unpaired) electrons. The standard InChI is InChI=1S/C14H17N3OS2/c1-10-9-19-13(16-10)8-17(3)14(18)11(2)20-12-6-4-5-7-15-12/h4-7,9,11H,8H2,1-3H3/t11-/m0/s1. The van der Waals surface area contributed by atoms with Crippen LogP contribution in [0.3, 0.4) is 0 Å². The number of hydrogen-bond donors (Lipinski definition) is 0. The predicted octanol–water partition coefficient (Wildman–Crippen LogP) is 2.99. The van der Waals surface area contributed by atoms with Crippen molar-refractivity contribution >= 4 is 29.0 Å². The second-order valence-corrected chi connectivity index (χ2v) is 6.81. The smallest absolute Gasteiger partial charge is 0.235 e. The van der Waals surface area contributed by atoms with E-state index in [9.17, 15) is 4.79 Å². The van der Waals surface area contributed by atoms with Crippen LogP contribution in [-0.4, -0.2) is 33.1 Å². The van der Waals surface area contributed by atoms with Crippen LogP contribution in [0.5, 0.6) is 0 Å². The van der Waals surface area contributed by atoms with Gasteiger partial charge in [0.05, 0.1) is 16.8 Å². The third-order valence-corrected chi connectivity index (χ3v) is 4.69. The highest BCUT2D eigenvalue weighted by atomic mass is 32.2. The number of thiazole rings is 1. The Morgan fingerprint density at radius 3 is 2.90 bits per heavy atom. The van der Waals surface area contributed by atoms with Crippen molar-refractivity contribution in [2.75, 3.05) is 7.05 Å². The van der Waals surface area contributed by atoms with Gasteiger partial charge in [0.25, 0.3) is 0 Å². The summed E-state index contributed by atoms with van der Waals surface area (Å²) >= 11 is 3.06. The van der Waals surface area contributed by atoms with Crippen molar-refractivity contribution in [3.05, 3.63) is 40.5 Å². The van der Waals surface area contributed by atoms with Crippen LogP contribution >= 0.6 is 23.1 Å². The molecule has 2 aromatic rings. The minimum atomic E-state index is -0.157. The molecule has 2 heterocycles. The highest BCUT2D eigenvalue weighted by Crippen LogP contribution is 2.22. The van der Waals surface area contributed by atoms with E-state index in [2.05, 4.69) is 9.97 Å². The zero-order chi connectivity index (χ0) is 14.5. The van der Waals surface area contributed by atoms with Crippen molar-refractivity contribution in [2.24, 2.45) is 0 Å². The van der Waals surface area contributed by atoms with Crippen LogP contribution in [0.4, 0.5) is 0 Å². The average Bonchev–Trinajstić information content (AvgIpc) is 2.84. The van der Waals surface area contributed by atoms with E-state index in [-0.39, 0.29) is 11.2 Å². The van der Waals surface area contributed by atoms with E-state index in [1.165, 1.54) is 11.8 Å². The van der Waals surface area contributed by atoms with Crippen LogP contribution in [0.25, 0.3) is 0 Å². The SMILES string of the molecule is Cc1csc(CN(C)C(=O)[C@H](C)Sc2ccccn2)n1. The van der Waals surface area contributed by atoms with E-state index in [1.54, 1.807) is 22.4 Å². The molecule has 0 spiro atoms. The fourth-order valence-corrected chi connectivity index (χ4v) is 3.46. The topological polar surface area (TPSA) is 46.1 Å². The van der Waals surface area contributed by atoms with E-state index >= 15 is 0 Å². The zero-order valence-corrected chi connectivity index (χ0v) is 13.4. The van der Waals surface area contributed by atoms with Gasteiger partial charge in [0.2, 0.25) is 5.91 Å². The quantitative estimate of drug-likeness (QED) is 0.797. The van der Waals surface area contributed by atoms with Crippen molar-refractivity contribution in [3.63, 3.8) is 0 Å². The van der Waals surface area contributed by atoms with Crippen molar-refractivity contribution in [2.45, 2.75) is 30.7 Å². The first kappa shape index (κ1) is 15.0. The largest absolute Gasteiger partial charge is 0.338 e. The minimum absolute atomic E-state index is 0.0912. The summed E-state index contributed by atoms with van der Waals surface area (Å²) in [7, 11) is 1.81. The van der Waals surface area contributed by atoms with E-state index in [1.807, 2.05) is 44.5 Å². The molecular formula is C14H17N3OS2. The van der Waals surface area contributed by atoms with Crippen LogP contribution in [0.1, 0.15) is 17.6 Å². The van der Waals surface area contributed by atoms with Gasteiger partial charge in [-0.2, -0.15) is 0 Å². The number of rotatable bonds is 5. The first-order valence-corrected chi connectivity index (χ1v) is 8.06. The molecule has 2 aromatic heterocycles. The highest BCUT2D eigenvalue weighted by molar-refractivity contribution is 8.00. The molecule has 6 heteroatoms. The second-order valence-electron chi connectivity index (χ2n) is 4.50. The fraction of sp³-hybridized carbons (Fsp3) is 0.357. The summed E-state index contributed by atoms with van der Waals surface area (Å²) in [5.74, 6) is 0.0912. The normalized spacial score (nSPS) is 12.2. The number of aryl methyl sites for hydroxylation is 1. The molecule has 0 unspecified atom stereocenters. The molecule has 106 valence electrons. The second kappa shape index (κ2) is 6.85. The fourth-order valence-electron chi connectivity index (χ4n) is 1.71. The van der Waals surface area contributed by atoms with Gasteiger partial charge >= 0.3 is 0 Å². The Kier molecular flexibility index (Phi) is 5.14. The summed E-state index contributed by atoms with van der Waals surface area (Å²) in [5.41, 5.74) is 1.00. The Hall–Kier alpha value is -1.40. The summed E-state index contributed by atoms with van der Waals surface area (Å²) in [6, 6.07) is 5.71. The third kappa shape index (κ3) is 4.05. The molecule has 0 saturated heterocycles. The summed E-state index contributed by atoms with van der Waals surface area (Å²) in [5, 5.41) is 3.68. The van der Waals surface area contributed by atoms with Gasteiger partial charge in [-0.05, 0) is 26.0 Å². The van der Waals surface area contributed by atoms with Gasteiger partial charge < -0.3 is 4.90 Å². The number of carbonyl (C=O) groups excluding carboxylic acids is 1. The lowest BCUT2D eigenvalue weighted by Crippen LogP contribution is -2.32. The predicted molar refractivity (Wildman–Crippen MR) is 82.9 cm³/mol. The molecular weight excluding hydrogens is 290 g/mol. The average molecular weight is 307 g/mol. The summed E-state index contributed by atoms with van der Waals surface area (Å²) in [6.07, 6.45) is 1.74. The highest BCUT2D eigenvalue weighted by Gasteiger charge is 2.19. The van der Waals surface area contributed by atoms with Crippen molar-refractivity contribution in [3.8, 4) is 0 Å².